The second kappa shape index (κ2) is 5.72. The van der Waals surface area contributed by atoms with Gasteiger partial charge < -0.3 is 9.42 Å². The Kier molecular flexibility index (Phi) is 3.78. The zero-order chi connectivity index (χ0) is 14.8. The van der Waals surface area contributed by atoms with Gasteiger partial charge in [-0.3, -0.25) is 4.79 Å². The number of benzene rings is 1. The van der Waals surface area contributed by atoms with Crippen LogP contribution in [0.15, 0.2) is 40.9 Å². The van der Waals surface area contributed by atoms with Crippen molar-refractivity contribution in [1.29, 1.82) is 0 Å². The minimum atomic E-state index is 0.0361. The van der Waals surface area contributed by atoms with Crippen LogP contribution in [-0.4, -0.2) is 22.5 Å². The summed E-state index contributed by atoms with van der Waals surface area (Å²) in [5.41, 5.74) is 1.61. The highest BCUT2D eigenvalue weighted by Gasteiger charge is 2.32. The van der Waals surface area contributed by atoms with Crippen molar-refractivity contribution >= 4 is 5.91 Å². The molecule has 21 heavy (non-hydrogen) atoms. The number of likely N-dealkylation sites (tertiary alicyclic amines) is 1. The minimum Gasteiger partial charge on any atom is -0.361 e. The normalized spacial score (nSPS) is 18.4. The van der Waals surface area contributed by atoms with E-state index in [2.05, 4.69) is 19.0 Å². The molecule has 3 rings (SSSR count). The Labute approximate surface area is 124 Å². The van der Waals surface area contributed by atoms with E-state index in [9.17, 15) is 4.79 Å². The van der Waals surface area contributed by atoms with Gasteiger partial charge >= 0.3 is 0 Å². The largest absolute Gasteiger partial charge is 0.361 e. The van der Waals surface area contributed by atoms with Crippen molar-refractivity contribution in [2.75, 3.05) is 6.54 Å². The van der Waals surface area contributed by atoms with Crippen LogP contribution in [0.25, 0.3) is 0 Å². The van der Waals surface area contributed by atoms with Gasteiger partial charge in [0.2, 0.25) is 0 Å². The number of hydrogen-bond acceptors (Lipinski definition) is 3. The molecule has 0 radical (unpaired) electrons. The van der Waals surface area contributed by atoms with Crippen LogP contribution < -0.4 is 0 Å². The lowest BCUT2D eigenvalue weighted by Crippen LogP contribution is -2.30. The first-order valence-corrected chi connectivity index (χ1v) is 7.49. The van der Waals surface area contributed by atoms with E-state index in [0.717, 1.165) is 36.4 Å². The van der Waals surface area contributed by atoms with Crippen LogP contribution in [0.4, 0.5) is 0 Å². The summed E-state index contributed by atoms with van der Waals surface area (Å²) in [5.74, 6) is 1.27. The summed E-state index contributed by atoms with van der Waals surface area (Å²) in [5, 5.41) is 4.18. The molecular formula is C17H20N2O2. The summed E-state index contributed by atoms with van der Waals surface area (Å²) in [6.45, 7) is 4.93. The van der Waals surface area contributed by atoms with Crippen molar-refractivity contribution in [3.8, 4) is 0 Å². The third-order valence-electron chi connectivity index (χ3n) is 3.99. The zero-order valence-corrected chi connectivity index (χ0v) is 12.5. The molecule has 1 aliphatic rings. The highest BCUT2D eigenvalue weighted by Crippen LogP contribution is 2.33. The summed E-state index contributed by atoms with van der Waals surface area (Å²) in [6.07, 6.45) is 1.95. The third-order valence-corrected chi connectivity index (χ3v) is 3.99. The van der Waals surface area contributed by atoms with Gasteiger partial charge in [0, 0.05) is 24.1 Å². The number of nitrogens with zero attached hydrogens (tertiary/aromatic N) is 2. The van der Waals surface area contributed by atoms with Gasteiger partial charge in [0.15, 0.2) is 0 Å². The van der Waals surface area contributed by atoms with Gasteiger partial charge in [0.25, 0.3) is 5.91 Å². The molecule has 1 aromatic heterocycles. The van der Waals surface area contributed by atoms with E-state index < -0.39 is 0 Å². The molecule has 1 amide bonds. The fourth-order valence-corrected chi connectivity index (χ4v) is 2.80. The van der Waals surface area contributed by atoms with Gasteiger partial charge in [-0.2, -0.15) is 0 Å². The molecule has 0 saturated carbocycles. The smallest absolute Gasteiger partial charge is 0.254 e. The quantitative estimate of drug-likeness (QED) is 0.861. The molecule has 0 aliphatic carbocycles. The molecular weight excluding hydrogens is 264 g/mol. The molecule has 0 spiro atoms. The fraction of sp³-hybridized carbons (Fsp3) is 0.412. The van der Waals surface area contributed by atoms with E-state index in [-0.39, 0.29) is 11.9 Å². The first kappa shape index (κ1) is 13.9. The van der Waals surface area contributed by atoms with Gasteiger partial charge in [-0.15, -0.1) is 0 Å². The van der Waals surface area contributed by atoms with Crippen LogP contribution in [0.2, 0.25) is 0 Å². The molecule has 1 saturated heterocycles. The van der Waals surface area contributed by atoms with Crippen LogP contribution in [0, 0.1) is 0 Å². The van der Waals surface area contributed by atoms with Crippen LogP contribution in [0.5, 0.6) is 0 Å². The van der Waals surface area contributed by atoms with Crippen molar-refractivity contribution < 1.29 is 9.32 Å². The standard InChI is InChI=1S/C17H20N2O2/c1-12(2)16-11-14(18-21-16)15-9-6-10-19(15)17(20)13-7-4-3-5-8-13/h3-5,7-8,11-12,15H,6,9-10H2,1-2H3/t15-/m0/s1. The molecule has 4 heteroatoms. The number of carbonyl (C=O) groups excluding carboxylic acids is 1. The molecule has 1 fully saturated rings. The van der Waals surface area contributed by atoms with Gasteiger partial charge in [-0.25, -0.2) is 0 Å². The highest BCUT2D eigenvalue weighted by molar-refractivity contribution is 5.94. The number of carbonyl (C=O) groups is 1. The first-order chi connectivity index (χ1) is 10.2. The van der Waals surface area contributed by atoms with E-state index >= 15 is 0 Å². The Morgan fingerprint density at radius 2 is 2.10 bits per heavy atom. The average Bonchev–Trinajstić information content (AvgIpc) is 3.16. The van der Waals surface area contributed by atoms with Gasteiger partial charge in [-0.05, 0) is 25.0 Å². The highest BCUT2D eigenvalue weighted by atomic mass is 16.5. The van der Waals surface area contributed by atoms with Crippen LogP contribution in [0.3, 0.4) is 0 Å². The predicted molar refractivity (Wildman–Crippen MR) is 80.0 cm³/mol. The maximum atomic E-state index is 12.6. The second-order valence-corrected chi connectivity index (χ2v) is 5.83. The second-order valence-electron chi connectivity index (χ2n) is 5.83. The van der Waals surface area contributed by atoms with Crippen molar-refractivity contribution in [1.82, 2.24) is 10.1 Å². The SMILES string of the molecule is CC(C)c1cc([C@@H]2CCCN2C(=O)c2ccccc2)no1. The fourth-order valence-electron chi connectivity index (χ4n) is 2.80. The predicted octanol–water partition coefficient (Wildman–Crippen LogP) is 3.78. The summed E-state index contributed by atoms with van der Waals surface area (Å²) < 4.78 is 5.38. The molecule has 0 N–H and O–H groups in total. The van der Waals surface area contributed by atoms with E-state index in [1.807, 2.05) is 41.3 Å². The molecule has 2 heterocycles. The summed E-state index contributed by atoms with van der Waals surface area (Å²) in [7, 11) is 0. The molecule has 2 aromatic rings. The Balaban J connectivity index is 1.83. The summed E-state index contributed by atoms with van der Waals surface area (Å²) >= 11 is 0. The Morgan fingerprint density at radius 3 is 2.76 bits per heavy atom. The van der Waals surface area contributed by atoms with Crippen LogP contribution >= 0.6 is 0 Å². The van der Waals surface area contributed by atoms with Crippen molar-refractivity contribution in [3.05, 3.63) is 53.4 Å². The summed E-state index contributed by atoms with van der Waals surface area (Å²) in [6, 6.07) is 11.5. The number of rotatable bonds is 3. The first-order valence-electron chi connectivity index (χ1n) is 7.49. The van der Waals surface area contributed by atoms with Gasteiger partial charge in [0.1, 0.15) is 11.5 Å². The molecule has 110 valence electrons. The van der Waals surface area contributed by atoms with E-state index in [0.29, 0.717) is 5.92 Å². The molecule has 1 aromatic carbocycles. The average molecular weight is 284 g/mol. The maximum Gasteiger partial charge on any atom is 0.254 e. The molecule has 0 unspecified atom stereocenters. The van der Waals surface area contributed by atoms with Crippen LogP contribution in [-0.2, 0) is 0 Å². The molecule has 0 bridgehead atoms. The lowest BCUT2D eigenvalue weighted by atomic mass is 10.1. The van der Waals surface area contributed by atoms with Gasteiger partial charge in [0.05, 0.1) is 6.04 Å². The lowest BCUT2D eigenvalue weighted by Gasteiger charge is -2.23. The Bertz CT molecular complexity index is 619. The molecule has 1 atom stereocenters. The maximum absolute atomic E-state index is 12.6. The molecule has 1 aliphatic heterocycles. The monoisotopic (exact) mass is 284 g/mol. The van der Waals surface area contributed by atoms with E-state index in [4.69, 9.17) is 4.52 Å². The zero-order valence-electron chi connectivity index (χ0n) is 12.5. The third kappa shape index (κ3) is 2.71. The number of aromatic nitrogens is 1. The Morgan fingerprint density at radius 1 is 1.33 bits per heavy atom. The van der Waals surface area contributed by atoms with Crippen LogP contribution in [0.1, 0.15) is 60.5 Å². The van der Waals surface area contributed by atoms with Crippen molar-refractivity contribution in [3.63, 3.8) is 0 Å². The van der Waals surface area contributed by atoms with E-state index in [1.54, 1.807) is 0 Å². The van der Waals surface area contributed by atoms with E-state index in [1.165, 1.54) is 0 Å². The summed E-state index contributed by atoms with van der Waals surface area (Å²) in [4.78, 5) is 14.6. The lowest BCUT2D eigenvalue weighted by molar-refractivity contribution is 0.0731. The Hall–Kier alpha value is -2.10. The van der Waals surface area contributed by atoms with Crippen molar-refractivity contribution in [2.24, 2.45) is 0 Å². The topological polar surface area (TPSA) is 46.3 Å². The number of hydrogen-bond donors (Lipinski definition) is 0. The van der Waals surface area contributed by atoms with Crippen molar-refractivity contribution in [2.45, 2.75) is 38.6 Å². The minimum absolute atomic E-state index is 0.0361. The number of amides is 1. The molecule has 4 nitrogen and oxygen atoms in total. The van der Waals surface area contributed by atoms with Gasteiger partial charge in [-0.1, -0.05) is 37.2 Å².